The van der Waals surface area contributed by atoms with Crippen LogP contribution in [0.15, 0.2) is 47.5 Å². The second-order valence-electron chi connectivity index (χ2n) is 10.0. The maximum atomic E-state index is 12.8. The molecule has 1 aromatic heterocycles. The number of hydrogen-bond donors (Lipinski definition) is 2. The van der Waals surface area contributed by atoms with Crippen LogP contribution in [0.1, 0.15) is 51.0 Å². The number of anilines is 1. The van der Waals surface area contributed by atoms with Crippen LogP contribution in [0.3, 0.4) is 0 Å². The number of aromatic nitrogens is 2. The van der Waals surface area contributed by atoms with Gasteiger partial charge in [-0.15, -0.1) is 0 Å². The Labute approximate surface area is 194 Å². The fraction of sp³-hybridized carbons (Fsp3) is 0.560. The molecule has 3 heterocycles. The van der Waals surface area contributed by atoms with E-state index in [0.717, 1.165) is 5.56 Å². The molecule has 1 aromatic carbocycles. The van der Waals surface area contributed by atoms with Gasteiger partial charge in [-0.05, 0) is 37.7 Å². The molecule has 0 saturated carbocycles. The van der Waals surface area contributed by atoms with Crippen LogP contribution >= 0.6 is 0 Å². The normalized spacial score (nSPS) is 23.5. The van der Waals surface area contributed by atoms with E-state index in [4.69, 9.17) is 0 Å². The number of carbonyl (C=O) groups excluding carboxylic acids is 1. The highest BCUT2D eigenvalue weighted by Gasteiger charge is 2.35. The van der Waals surface area contributed by atoms with E-state index in [1.807, 2.05) is 40.1 Å². The molecule has 33 heavy (non-hydrogen) atoms. The van der Waals surface area contributed by atoms with E-state index in [9.17, 15) is 19.8 Å². The number of amides is 1. The average molecular weight is 455 g/mol. The van der Waals surface area contributed by atoms with E-state index in [2.05, 4.69) is 11.9 Å². The van der Waals surface area contributed by atoms with Gasteiger partial charge in [-0.25, -0.2) is 4.98 Å². The van der Waals surface area contributed by atoms with E-state index in [1.165, 1.54) is 17.0 Å². The van der Waals surface area contributed by atoms with Gasteiger partial charge in [0.05, 0.1) is 24.1 Å². The first-order chi connectivity index (χ1) is 15.6. The van der Waals surface area contributed by atoms with Crippen LogP contribution in [0, 0.1) is 0 Å². The Morgan fingerprint density at radius 2 is 1.82 bits per heavy atom. The number of likely N-dealkylation sites (tertiary alicyclic amines) is 1. The number of hydrogen-bond acceptors (Lipinski definition) is 6. The summed E-state index contributed by atoms with van der Waals surface area (Å²) in [6.45, 7) is 6.03. The van der Waals surface area contributed by atoms with Crippen molar-refractivity contribution in [1.29, 1.82) is 0 Å². The minimum atomic E-state index is -1.05. The zero-order valence-electron chi connectivity index (χ0n) is 19.5. The van der Waals surface area contributed by atoms with Crippen molar-refractivity contribution in [2.45, 2.75) is 63.2 Å². The van der Waals surface area contributed by atoms with Crippen molar-refractivity contribution in [3.05, 3.63) is 58.6 Å². The van der Waals surface area contributed by atoms with Gasteiger partial charge in [0.2, 0.25) is 5.91 Å². The summed E-state index contributed by atoms with van der Waals surface area (Å²) in [7, 11) is 0. The van der Waals surface area contributed by atoms with Gasteiger partial charge in [0, 0.05) is 38.7 Å². The first kappa shape index (κ1) is 23.4. The van der Waals surface area contributed by atoms with Crippen LogP contribution in [0.4, 0.5) is 5.82 Å². The topological polar surface area (TPSA) is 98.9 Å². The average Bonchev–Trinajstić information content (AvgIpc) is 3.15. The summed E-state index contributed by atoms with van der Waals surface area (Å²) in [5.41, 5.74) is -0.898. The third kappa shape index (κ3) is 5.62. The molecule has 4 rings (SSSR count). The number of aliphatic hydroxyl groups is 2. The van der Waals surface area contributed by atoms with Crippen molar-refractivity contribution in [3.8, 4) is 0 Å². The van der Waals surface area contributed by atoms with Crippen LogP contribution in [0.25, 0.3) is 0 Å². The maximum Gasteiger partial charge on any atom is 0.255 e. The second kappa shape index (κ2) is 9.27. The van der Waals surface area contributed by atoms with Gasteiger partial charge >= 0.3 is 0 Å². The minimum Gasteiger partial charge on any atom is -0.388 e. The van der Waals surface area contributed by atoms with Crippen molar-refractivity contribution in [3.63, 3.8) is 0 Å². The number of nitrogens with zero attached hydrogens (tertiary/aromatic N) is 4. The Kier molecular flexibility index (Phi) is 6.59. The van der Waals surface area contributed by atoms with Crippen LogP contribution in [-0.4, -0.2) is 68.0 Å². The highest BCUT2D eigenvalue weighted by molar-refractivity contribution is 5.77. The van der Waals surface area contributed by atoms with Crippen LogP contribution in [-0.2, 0) is 11.3 Å². The Balaban J connectivity index is 1.32. The number of carbonyl (C=O) groups is 1. The highest BCUT2D eigenvalue weighted by Crippen LogP contribution is 2.27. The van der Waals surface area contributed by atoms with Gasteiger partial charge in [-0.2, -0.15) is 0 Å². The number of rotatable bonds is 6. The fourth-order valence-corrected chi connectivity index (χ4v) is 4.79. The number of piperidine rings is 1. The molecular weight excluding hydrogens is 420 g/mol. The van der Waals surface area contributed by atoms with Crippen molar-refractivity contribution < 1.29 is 15.0 Å². The zero-order chi connectivity index (χ0) is 23.6. The molecule has 1 unspecified atom stereocenters. The summed E-state index contributed by atoms with van der Waals surface area (Å²) in [6, 6.07) is 11.5. The van der Waals surface area contributed by atoms with Gasteiger partial charge in [-0.3, -0.25) is 14.2 Å². The van der Waals surface area contributed by atoms with Crippen molar-refractivity contribution in [2.75, 3.05) is 31.1 Å². The second-order valence-corrected chi connectivity index (χ2v) is 10.0. The SMILES string of the molecule is C[C@H](CC(=O)N1CCC(O)(Cn2cnc(N3CCC(C)(O)C3)cc2=O)CC1)c1ccccc1. The largest absolute Gasteiger partial charge is 0.388 e. The molecule has 2 aliphatic rings. The maximum absolute atomic E-state index is 12.8. The van der Waals surface area contributed by atoms with Crippen molar-refractivity contribution in [1.82, 2.24) is 14.5 Å². The van der Waals surface area contributed by atoms with Gasteiger partial charge in [-0.1, -0.05) is 37.3 Å². The first-order valence-electron chi connectivity index (χ1n) is 11.7. The lowest BCUT2D eigenvalue weighted by Crippen LogP contribution is -2.49. The van der Waals surface area contributed by atoms with Crippen LogP contribution in [0.2, 0.25) is 0 Å². The van der Waals surface area contributed by atoms with E-state index in [0.29, 0.717) is 57.7 Å². The number of benzene rings is 1. The molecule has 2 N–H and O–H groups in total. The van der Waals surface area contributed by atoms with E-state index >= 15 is 0 Å². The van der Waals surface area contributed by atoms with Gasteiger partial charge in [0.15, 0.2) is 0 Å². The minimum absolute atomic E-state index is 0.0955. The summed E-state index contributed by atoms with van der Waals surface area (Å²) in [4.78, 5) is 33.5. The Morgan fingerprint density at radius 1 is 1.12 bits per heavy atom. The summed E-state index contributed by atoms with van der Waals surface area (Å²) in [5, 5.41) is 21.2. The van der Waals surface area contributed by atoms with Crippen molar-refractivity contribution >= 4 is 11.7 Å². The lowest BCUT2D eigenvalue weighted by molar-refractivity contribution is -0.136. The summed E-state index contributed by atoms with van der Waals surface area (Å²) < 4.78 is 1.44. The molecule has 0 spiro atoms. The van der Waals surface area contributed by atoms with Crippen LogP contribution < -0.4 is 10.5 Å². The Hall–Kier alpha value is -2.71. The van der Waals surface area contributed by atoms with Crippen LogP contribution in [0.5, 0.6) is 0 Å². The quantitative estimate of drug-likeness (QED) is 0.690. The summed E-state index contributed by atoms with van der Waals surface area (Å²) in [5.74, 6) is 0.786. The van der Waals surface area contributed by atoms with Gasteiger partial charge in [0.1, 0.15) is 5.82 Å². The molecular formula is C25H34N4O4. The molecule has 2 aromatic rings. The fourth-order valence-electron chi connectivity index (χ4n) is 4.79. The standard InChI is InChI=1S/C25H34N4O4/c1-19(20-6-4-3-5-7-20)14-22(30)27-12-9-25(33,10-13-27)17-29-18-26-21(15-23(29)31)28-11-8-24(2,32)16-28/h3-7,15,18-19,32-33H,8-14,16-17H2,1-2H3/t19-,24?/m1/s1. The molecule has 1 amide bonds. The third-order valence-electron chi connectivity index (χ3n) is 7.00. The predicted molar refractivity (Wildman–Crippen MR) is 126 cm³/mol. The van der Waals surface area contributed by atoms with E-state index in [1.54, 1.807) is 6.92 Å². The predicted octanol–water partition coefficient (Wildman–Crippen LogP) is 1.75. The molecule has 2 aliphatic heterocycles. The molecule has 8 nitrogen and oxygen atoms in total. The highest BCUT2D eigenvalue weighted by atomic mass is 16.3. The lowest BCUT2D eigenvalue weighted by atomic mass is 9.90. The molecule has 2 atom stereocenters. The zero-order valence-corrected chi connectivity index (χ0v) is 19.5. The van der Waals surface area contributed by atoms with E-state index in [-0.39, 0.29) is 23.9 Å². The molecule has 0 aliphatic carbocycles. The summed E-state index contributed by atoms with van der Waals surface area (Å²) in [6.07, 6.45) is 3.39. The Bertz CT molecular complexity index is 1030. The Morgan fingerprint density at radius 3 is 2.42 bits per heavy atom. The molecule has 178 valence electrons. The smallest absolute Gasteiger partial charge is 0.255 e. The van der Waals surface area contributed by atoms with Crippen molar-refractivity contribution in [2.24, 2.45) is 0 Å². The molecule has 2 saturated heterocycles. The first-order valence-corrected chi connectivity index (χ1v) is 11.7. The molecule has 0 bridgehead atoms. The molecule has 2 fully saturated rings. The number of β-amino-alcohol motifs (C(OH)–C–C–N with tert-alkyl or cyclic N) is 1. The van der Waals surface area contributed by atoms with Gasteiger partial charge in [0.25, 0.3) is 5.56 Å². The third-order valence-corrected chi connectivity index (χ3v) is 7.00. The molecule has 8 heteroatoms. The van der Waals surface area contributed by atoms with E-state index < -0.39 is 11.2 Å². The molecule has 0 radical (unpaired) electrons. The summed E-state index contributed by atoms with van der Waals surface area (Å²) >= 11 is 0. The monoisotopic (exact) mass is 454 g/mol. The van der Waals surface area contributed by atoms with Gasteiger partial charge < -0.3 is 20.0 Å². The lowest BCUT2D eigenvalue weighted by Gasteiger charge is -2.38.